The van der Waals surface area contributed by atoms with E-state index >= 15 is 0 Å². The summed E-state index contributed by atoms with van der Waals surface area (Å²) in [7, 11) is 0. The SMILES string of the molecule is CSc1ccc(C(=O)c2ccoc2)cc1. The van der Waals surface area contributed by atoms with Crippen LogP contribution in [0.15, 0.2) is 52.2 Å². The summed E-state index contributed by atoms with van der Waals surface area (Å²) in [5.74, 6) is -0.00333. The fraction of sp³-hybridized carbons (Fsp3) is 0.0833. The number of hydrogen-bond donors (Lipinski definition) is 0. The zero-order valence-corrected chi connectivity index (χ0v) is 9.08. The molecule has 0 fully saturated rings. The molecule has 0 radical (unpaired) electrons. The largest absolute Gasteiger partial charge is 0.472 e. The lowest BCUT2D eigenvalue weighted by atomic mass is 10.1. The van der Waals surface area contributed by atoms with E-state index < -0.39 is 0 Å². The summed E-state index contributed by atoms with van der Waals surface area (Å²) < 4.78 is 4.88. The van der Waals surface area contributed by atoms with Crippen molar-refractivity contribution in [2.45, 2.75) is 4.90 Å². The van der Waals surface area contributed by atoms with Crippen LogP contribution < -0.4 is 0 Å². The maximum atomic E-state index is 11.8. The Bertz CT molecular complexity index is 443. The van der Waals surface area contributed by atoms with E-state index in [2.05, 4.69) is 0 Å². The van der Waals surface area contributed by atoms with Crippen molar-refractivity contribution in [3.8, 4) is 0 Å². The van der Waals surface area contributed by atoms with Gasteiger partial charge in [-0.25, -0.2) is 0 Å². The Labute approximate surface area is 92.3 Å². The molecule has 15 heavy (non-hydrogen) atoms. The highest BCUT2D eigenvalue weighted by atomic mass is 32.2. The number of hydrogen-bond acceptors (Lipinski definition) is 3. The predicted octanol–water partition coefficient (Wildman–Crippen LogP) is 3.23. The molecule has 0 unspecified atom stereocenters. The first-order chi connectivity index (χ1) is 7.31. The van der Waals surface area contributed by atoms with Crippen molar-refractivity contribution >= 4 is 17.5 Å². The number of thioether (sulfide) groups is 1. The van der Waals surface area contributed by atoms with Crippen molar-refractivity contribution in [2.24, 2.45) is 0 Å². The number of carbonyl (C=O) groups excluding carboxylic acids is 1. The summed E-state index contributed by atoms with van der Waals surface area (Å²) in [6, 6.07) is 9.23. The first-order valence-electron chi connectivity index (χ1n) is 4.52. The van der Waals surface area contributed by atoms with E-state index in [1.165, 1.54) is 12.5 Å². The maximum absolute atomic E-state index is 11.8. The number of rotatable bonds is 3. The average molecular weight is 218 g/mol. The van der Waals surface area contributed by atoms with Crippen molar-refractivity contribution in [1.82, 2.24) is 0 Å². The molecule has 0 spiro atoms. The monoisotopic (exact) mass is 218 g/mol. The van der Waals surface area contributed by atoms with E-state index in [0.29, 0.717) is 11.1 Å². The number of benzene rings is 1. The van der Waals surface area contributed by atoms with Crippen LogP contribution >= 0.6 is 11.8 Å². The lowest BCUT2D eigenvalue weighted by Gasteiger charge is -1.99. The van der Waals surface area contributed by atoms with Crippen LogP contribution in [0.1, 0.15) is 15.9 Å². The van der Waals surface area contributed by atoms with E-state index in [1.807, 2.05) is 30.5 Å². The quantitative estimate of drug-likeness (QED) is 0.585. The zero-order chi connectivity index (χ0) is 10.7. The summed E-state index contributed by atoms with van der Waals surface area (Å²) >= 11 is 1.66. The lowest BCUT2D eigenvalue weighted by molar-refractivity contribution is 0.103. The van der Waals surface area contributed by atoms with Crippen molar-refractivity contribution in [3.63, 3.8) is 0 Å². The molecule has 0 aliphatic heterocycles. The lowest BCUT2D eigenvalue weighted by Crippen LogP contribution is -1.98. The van der Waals surface area contributed by atoms with Gasteiger partial charge in [-0.3, -0.25) is 4.79 Å². The van der Waals surface area contributed by atoms with Crippen LogP contribution in [0.3, 0.4) is 0 Å². The molecule has 1 heterocycles. The van der Waals surface area contributed by atoms with Crippen LogP contribution in [0.25, 0.3) is 0 Å². The Kier molecular flexibility index (Phi) is 2.92. The molecule has 3 heteroatoms. The standard InChI is InChI=1S/C12H10O2S/c1-15-11-4-2-9(3-5-11)12(13)10-6-7-14-8-10/h2-8H,1H3. The normalized spacial score (nSPS) is 10.2. The van der Waals surface area contributed by atoms with Gasteiger partial charge in [-0.1, -0.05) is 0 Å². The van der Waals surface area contributed by atoms with Gasteiger partial charge in [0, 0.05) is 10.5 Å². The van der Waals surface area contributed by atoms with E-state index in [9.17, 15) is 4.79 Å². The molecule has 0 saturated carbocycles. The topological polar surface area (TPSA) is 30.2 Å². The molecule has 2 aromatic rings. The van der Waals surface area contributed by atoms with Crippen LogP contribution in [0.5, 0.6) is 0 Å². The third kappa shape index (κ3) is 2.13. The average Bonchev–Trinajstić information content (AvgIpc) is 2.82. The van der Waals surface area contributed by atoms with Crippen LogP contribution in [0.2, 0.25) is 0 Å². The van der Waals surface area contributed by atoms with E-state index in [1.54, 1.807) is 17.8 Å². The second-order valence-corrected chi connectivity index (χ2v) is 3.95. The van der Waals surface area contributed by atoms with Gasteiger partial charge < -0.3 is 4.42 Å². The molecule has 2 rings (SSSR count). The fourth-order valence-corrected chi connectivity index (χ4v) is 1.71. The Hall–Kier alpha value is -1.48. The predicted molar refractivity (Wildman–Crippen MR) is 60.4 cm³/mol. The molecule has 2 nitrogen and oxygen atoms in total. The molecular weight excluding hydrogens is 208 g/mol. The third-order valence-electron chi connectivity index (χ3n) is 2.14. The van der Waals surface area contributed by atoms with E-state index in [0.717, 1.165) is 4.90 Å². The highest BCUT2D eigenvalue weighted by Crippen LogP contribution is 2.17. The first kappa shape index (κ1) is 10.1. The first-order valence-corrected chi connectivity index (χ1v) is 5.74. The minimum atomic E-state index is -0.00333. The Morgan fingerprint density at radius 1 is 1.13 bits per heavy atom. The van der Waals surface area contributed by atoms with Gasteiger partial charge in [0.05, 0.1) is 11.8 Å². The molecule has 0 N–H and O–H groups in total. The van der Waals surface area contributed by atoms with Gasteiger partial charge in [-0.2, -0.15) is 0 Å². The van der Waals surface area contributed by atoms with Gasteiger partial charge in [0.1, 0.15) is 6.26 Å². The van der Waals surface area contributed by atoms with Gasteiger partial charge in [-0.05, 0) is 36.6 Å². The number of ketones is 1. The van der Waals surface area contributed by atoms with Crippen LogP contribution in [0, 0.1) is 0 Å². The second-order valence-electron chi connectivity index (χ2n) is 3.07. The van der Waals surface area contributed by atoms with Gasteiger partial charge in [0.25, 0.3) is 0 Å². The highest BCUT2D eigenvalue weighted by molar-refractivity contribution is 7.98. The van der Waals surface area contributed by atoms with Gasteiger partial charge in [0.2, 0.25) is 0 Å². The Balaban J connectivity index is 2.27. The van der Waals surface area contributed by atoms with Gasteiger partial charge >= 0.3 is 0 Å². The summed E-state index contributed by atoms with van der Waals surface area (Å²) in [5, 5.41) is 0. The summed E-state index contributed by atoms with van der Waals surface area (Å²) in [5.41, 5.74) is 1.28. The van der Waals surface area contributed by atoms with E-state index in [-0.39, 0.29) is 5.78 Å². The zero-order valence-electron chi connectivity index (χ0n) is 8.27. The molecule has 0 aliphatic carbocycles. The highest BCUT2D eigenvalue weighted by Gasteiger charge is 2.09. The minimum absolute atomic E-state index is 0.00333. The molecule has 1 aromatic heterocycles. The minimum Gasteiger partial charge on any atom is -0.472 e. The van der Waals surface area contributed by atoms with Crippen molar-refractivity contribution < 1.29 is 9.21 Å². The molecule has 0 saturated heterocycles. The Morgan fingerprint density at radius 3 is 2.40 bits per heavy atom. The van der Waals surface area contributed by atoms with Crippen molar-refractivity contribution in [2.75, 3.05) is 6.26 Å². The van der Waals surface area contributed by atoms with Crippen molar-refractivity contribution in [1.29, 1.82) is 0 Å². The molecular formula is C12H10O2S. The van der Waals surface area contributed by atoms with E-state index in [4.69, 9.17) is 4.42 Å². The van der Waals surface area contributed by atoms with Gasteiger partial charge in [-0.15, -0.1) is 11.8 Å². The maximum Gasteiger partial charge on any atom is 0.196 e. The molecule has 0 amide bonds. The molecule has 0 atom stereocenters. The second kappa shape index (κ2) is 4.36. The third-order valence-corrected chi connectivity index (χ3v) is 2.88. The smallest absolute Gasteiger partial charge is 0.196 e. The number of carbonyl (C=O) groups is 1. The fourth-order valence-electron chi connectivity index (χ4n) is 1.30. The molecule has 0 bridgehead atoms. The van der Waals surface area contributed by atoms with Crippen LogP contribution in [0.4, 0.5) is 0 Å². The number of furan rings is 1. The summed E-state index contributed by atoms with van der Waals surface area (Å²) in [6.45, 7) is 0. The molecule has 76 valence electrons. The summed E-state index contributed by atoms with van der Waals surface area (Å²) in [6.07, 6.45) is 4.97. The van der Waals surface area contributed by atoms with Crippen LogP contribution in [-0.4, -0.2) is 12.0 Å². The van der Waals surface area contributed by atoms with Crippen LogP contribution in [-0.2, 0) is 0 Å². The Morgan fingerprint density at radius 2 is 1.87 bits per heavy atom. The molecule has 0 aliphatic rings. The van der Waals surface area contributed by atoms with Gasteiger partial charge in [0.15, 0.2) is 5.78 Å². The van der Waals surface area contributed by atoms with Crippen molar-refractivity contribution in [3.05, 3.63) is 54.0 Å². The summed E-state index contributed by atoms with van der Waals surface area (Å²) in [4.78, 5) is 13.0. The molecule has 1 aromatic carbocycles.